The van der Waals surface area contributed by atoms with E-state index in [0.717, 1.165) is 74.9 Å². The Kier molecular flexibility index (Phi) is 8.19. The zero-order chi connectivity index (χ0) is 24.9. The maximum atomic E-state index is 13.7. The molecule has 4 rings (SSSR count). The van der Waals surface area contributed by atoms with Crippen molar-refractivity contribution in [1.82, 2.24) is 19.6 Å². The highest BCUT2D eigenvalue weighted by Gasteiger charge is 2.27. The molecule has 1 aromatic heterocycles. The number of rotatable bonds is 9. The standard InChI is InChI=1S/C28H37F2N5/c1-5-21(3)34(19-22-7-9-23(29)10-8-22)20-26-27(6-2)31-35(25-13-11-24(30)12-14-25)28(26)33-17-15-32(4)16-18-33/h7-14,21H,5-6,15-20H2,1-4H3. The Morgan fingerprint density at radius 3 is 2.06 bits per heavy atom. The summed E-state index contributed by atoms with van der Waals surface area (Å²) in [6, 6.07) is 13.7. The van der Waals surface area contributed by atoms with Crippen molar-refractivity contribution in [2.24, 2.45) is 0 Å². The minimum absolute atomic E-state index is 0.213. The molecule has 0 radical (unpaired) electrons. The van der Waals surface area contributed by atoms with Crippen molar-refractivity contribution in [3.63, 3.8) is 0 Å². The van der Waals surface area contributed by atoms with Gasteiger partial charge in [0.05, 0.1) is 11.4 Å². The molecular weight excluding hydrogens is 444 g/mol. The van der Waals surface area contributed by atoms with Crippen LogP contribution < -0.4 is 4.90 Å². The van der Waals surface area contributed by atoms with Gasteiger partial charge in [-0.1, -0.05) is 26.0 Å². The van der Waals surface area contributed by atoms with Gasteiger partial charge in [0.1, 0.15) is 17.5 Å². The molecule has 5 nitrogen and oxygen atoms in total. The molecule has 1 fully saturated rings. The first-order valence-corrected chi connectivity index (χ1v) is 12.7. The van der Waals surface area contributed by atoms with Crippen molar-refractivity contribution in [2.75, 3.05) is 38.1 Å². The summed E-state index contributed by atoms with van der Waals surface area (Å²) >= 11 is 0. The van der Waals surface area contributed by atoms with E-state index >= 15 is 0 Å². The van der Waals surface area contributed by atoms with Crippen molar-refractivity contribution in [2.45, 2.75) is 52.7 Å². The third-order valence-corrected chi connectivity index (χ3v) is 7.12. The number of hydrogen-bond acceptors (Lipinski definition) is 4. The third-order valence-electron chi connectivity index (χ3n) is 7.12. The number of nitrogens with zero attached hydrogens (tertiary/aromatic N) is 5. The Morgan fingerprint density at radius 1 is 0.886 bits per heavy atom. The lowest BCUT2D eigenvalue weighted by Crippen LogP contribution is -2.45. The largest absolute Gasteiger partial charge is 0.354 e. The summed E-state index contributed by atoms with van der Waals surface area (Å²) in [5.74, 6) is 0.643. The van der Waals surface area contributed by atoms with E-state index in [1.807, 2.05) is 16.8 Å². The third kappa shape index (κ3) is 5.90. The molecule has 3 aromatic rings. The molecule has 0 spiro atoms. The van der Waals surface area contributed by atoms with Crippen LogP contribution in [0.25, 0.3) is 5.69 Å². The van der Waals surface area contributed by atoms with E-state index in [2.05, 4.69) is 42.5 Å². The van der Waals surface area contributed by atoms with E-state index in [9.17, 15) is 8.78 Å². The summed E-state index contributed by atoms with van der Waals surface area (Å²) in [6.45, 7) is 11.9. The lowest BCUT2D eigenvalue weighted by molar-refractivity contribution is 0.185. The fourth-order valence-corrected chi connectivity index (χ4v) is 4.69. The van der Waals surface area contributed by atoms with Crippen LogP contribution in [0.4, 0.5) is 14.6 Å². The lowest BCUT2D eigenvalue weighted by Gasteiger charge is -2.36. The topological polar surface area (TPSA) is 27.5 Å². The van der Waals surface area contributed by atoms with Crippen molar-refractivity contribution < 1.29 is 8.78 Å². The highest BCUT2D eigenvalue weighted by Crippen LogP contribution is 2.31. The van der Waals surface area contributed by atoms with Gasteiger partial charge in [0.2, 0.25) is 0 Å². The smallest absolute Gasteiger partial charge is 0.137 e. The van der Waals surface area contributed by atoms with E-state index in [1.54, 1.807) is 12.1 Å². The zero-order valence-corrected chi connectivity index (χ0v) is 21.3. The van der Waals surface area contributed by atoms with Crippen LogP contribution >= 0.6 is 0 Å². The average Bonchev–Trinajstić information content (AvgIpc) is 3.23. The minimum atomic E-state index is -0.250. The first-order chi connectivity index (χ1) is 16.9. The quantitative estimate of drug-likeness (QED) is 0.416. The van der Waals surface area contributed by atoms with E-state index in [-0.39, 0.29) is 11.6 Å². The van der Waals surface area contributed by atoms with Gasteiger partial charge in [0, 0.05) is 50.9 Å². The van der Waals surface area contributed by atoms with Gasteiger partial charge in [0.15, 0.2) is 0 Å². The molecule has 1 aliphatic heterocycles. The van der Waals surface area contributed by atoms with Crippen LogP contribution in [0.15, 0.2) is 48.5 Å². The van der Waals surface area contributed by atoms with Crippen LogP contribution in [0, 0.1) is 11.6 Å². The second kappa shape index (κ2) is 11.3. The van der Waals surface area contributed by atoms with E-state index in [1.165, 1.54) is 29.8 Å². The predicted octanol–water partition coefficient (Wildman–Crippen LogP) is 5.27. The SMILES string of the molecule is CCc1nn(-c2ccc(F)cc2)c(N2CCN(C)CC2)c1CN(Cc1ccc(F)cc1)C(C)CC. The molecule has 0 N–H and O–H groups in total. The number of halogens is 2. The molecule has 1 saturated heterocycles. The Balaban J connectivity index is 1.76. The van der Waals surface area contributed by atoms with Crippen LogP contribution in [0.2, 0.25) is 0 Å². The van der Waals surface area contributed by atoms with Crippen LogP contribution in [0.1, 0.15) is 44.0 Å². The van der Waals surface area contributed by atoms with Crippen LogP contribution in [0.3, 0.4) is 0 Å². The second-order valence-corrected chi connectivity index (χ2v) is 9.57. The molecule has 0 saturated carbocycles. The molecule has 2 heterocycles. The lowest BCUT2D eigenvalue weighted by atomic mass is 10.1. The predicted molar refractivity (Wildman–Crippen MR) is 138 cm³/mol. The number of aryl methyl sites for hydroxylation is 1. The monoisotopic (exact) mass is 481 g/mol. The molecule has 7 heteroatoms. The van der Waals surface area contributed by atoms with Crippen molar-refractivity contribution in [3.05, 3.63) is 77.0 Å². The van der Waals surface area contributed by atoms with Crippen LogP contribution in [0.5, 0.6) is 0 Å². The summed E-state index contributed by atoms with van der Waals surface area (Å²) in [5.41, 5.74) is 4.26. The number of anilines is 1. The Labute approximate surface area is 208 Å². The van der Waals surface area contributed by atoms with Gasteiger partial charge in [-0.2, -0.15) is 5.10 Å². The maximum absolute atomic E-state index is 13.7. The number of hydrogen-bond donors (Lipinski definition) is 0. The number of aromatic nitrogens is 2. The fourth-order valence-electron chi connectivity index (χ4n) is 4.69. The highest BCUT2D eigenvalue weighted by molar-refractivity contribution is 5.56. The van der Waals surface area contributed by atoms with Gasteiger partial charge in [-0.25, -0.2) is 13.5 Å². The van der Waals surface area contributed by atoms with Crippen molar-refractivity contribution in [1.29, 1.82) is 0 Å². The van der Waals surface area contributed by atoms with Crippen LogP contribution in [-0.4, -0.2) is 58.8 Å². The van der Waals surface area contributed by atoms with Gasteiger partial charge in [-0.15, -0.1) is 0 Å². The molecule has 2 aromatic carbocycles. The highest BCUT2D eigenvalue weighted by atomic mass is 19.1. The van der Waals surface area contributed by atoms with Gasteiger partial charge in [-0.3, -0.25) is 4.90 Å². The van der Waals surface area contributed by atoms with Crippen LogP contribution in [-0.2, 0) is 19.5 Å². The normalized spacial score (nSPS) is 15.7. The summed E-state index contributed by atoms with van der Waals surface area (Å²) < 4.78 is 29.2. The molecule has 35 heavy (non-hydrogen) atoms. The van der Waals surface area contributed by atoms with Gasteiger partial charge in [0.25, 0.3) is 0 Å². The molecule has 0 bridgehead atoms. The second-order valence-electron chi connectivity index (χ2n) is 9.57. The summed E-state index contributed by atoms with van der Waals surface area (Å²) in [7, 11) is 2.15. The molecule has 188 valence electrons. The Morgan fingerprint density at radius 2 is 1.49 bits per heavy atom. The summed E-state index contributed by atoms with van der Waals surface area (Å²) in [5, 5.41) is 5.04. The number of benzene rings is 2. The molecule has 0 aliphatic carbocycles. The average molecular weight is 482 g/mol. The molecular formula is C28H37F2N5. The van der Waals surface area contributed by atoms with Gasteiger partial charge >= 0.3 is 0 Å². The molecule has 1 unspecified atom stereocenters. The molecule has 0 amide bonds. The van der Waals surface area contributed by atoms with Crippen molar-refractivity contribution in [3.8, 4) is 5.69 Å². The first-order valence-electron chi connectivity index (χ1n) is 12.7. The Bertz CT molecular complexity index is 1090. The summed E-state index contributed by atoms with van der Waals surface area (Å²) in [4.78, 5) is 7.23. The van der Waals surface area contributed by atoms with E-state index < -0.39 is 0 Å². The van der Waals surface area contributed by atoms with E-state index in [0.29, 0.717) is 6.04 Å². The fraction of sp³-hybridized carbons (Fsp3) is 0.464. The van der Waals surface area contributed by atoms with E-state index in [4.69, 9.17) is 5.10 Å². The zero-order valence-electron chi connectivity index (χ0n) is 21.3. The molecule has 1 aliphatic rings. The van der Waals surface area contributed by atoms with Gasteiger partial charge < -0.3 is 9.80 Å². The van der Waals surface area contributed by atoms with Crippen molar-refractivity contribution >= 4 is 5.82 Å². The first kappa shape index (κ1) is 25.3. The molecule has 1 atom stereocenters. The number of likely N-dealkylation sites (N-methyl/N-ethyl adjacent to an activating group) is 1. The van der Waals surface area contributed by atoms with Gasteiger partial charge in [-0.05, 0) is 68.8 Å². The maximum Gasteiger partial charge on any atom is 0.137 e. The Hall–Kier alpha value is -2.77. The minimum Gasteiger partial charge on any atom is -0.354 e. The number of piperazine rings is 1. The summed E-state index contributed by atoms with van der Waals surface area (Å²) in [6.07, 6.45) is 1.83.